The van der Waals surface area contributed by atoms with Crippen molar-refractivity contribution in [3.63, 3.8) is 0 Å². The van der Waals surface area contributed by atoms with Crippen molar-refractivity contribution in [2.24, 2.45) is 0 Å². The van der Waals surface area contributed by atoms with E-state index in [4.69, 9.17) is 11.6 Å². The highest BCUT2D eigenvalue weighted by atomic mass is 35.5. The Labute approximate surface area is 184 Å². The lowest BCUT2D eigenvalue weighted by molar-refractivity contribution is -0.116. The Morgan fingerprint density at radius 1 is 1.13 bits per heavy atom. The van der Waals surface area contributed by atoms with E-state index >= 15 is 0 Å². The lowest BCUT2D eigenvalue weighted by Crippen LogP contribution is -2.28. The van der Waals surface area contributed by atoms with Crippen LogP contribution in [0.2, 0.25) is 5.02 Å². The second kappa shape index (κ2) is 9.66. The molecule has 0 radical (unpaired) electrons. The highest BCUT2D eigenvalue weighted by Crippen LogP contribution is 2.33. The van der Waals surface area contributed by atoms with Gasteiger partial charge in [0.2, 0.25) is 0 Å². The summed E-state index contributed by atoms with van der Waals surface area (Å²) in [5.74, 6) is -0.901. The van der Waals surface area contributed by atoms with Crippen LogP contribution in [0.25, 0.3) is 11.3 Å². The number of nitrogens with one attached hydrogen (secondary N) is 2. The minimum Gasteiger partial charge on any atom is -0.354 e. The smallest absolute Gasteiger partial charge is 0.255 e. The molecule has 2 heterocycles. The average Bonchev–Trinajstić information content (AvgIpc) is 2.74. The van der Waals surface area contributed by atoms with Crippen LogP contribution in [0, 0.1) is 5.82 Å². The number of pyridine rings is 2. The first-order chi connectivity index (χ1) is 14.8. The van der Waals surface area contributed by atoms with Gasteiger partial charge in [-0.15, -0.1) is 0 Å². The minimum atomic E-state index is -0.437. The van der Waals surface area contributed by atoms with E-state index in [2.05, 4.69) is 20.6 Å². The predicted octanol–water partition coefficient (Wildman–Crippen LogP) is 5.12. The molecule has 0 aliphatic carbocycles. The van der Waals surface area contributed by atoms with Crippen LogP contribution in [0.5, 0.6) is 0 Å². The number of carbonyl (C=O) groups excluding carboxylic acids is 2. The Hall–Kier alpha value is -3.32. The first-order valence-corrected chi connectivity index (χ1v) is 10.1. The monoisotopic (exact) mass is 440 g/mol. The number of benzene rings is 1. The maximum absolute atomic E-state index is 14.4. The van der Waals surface area contributed by atoms with Crippen LogP contribution < -0.4 is 10.6 Å². The Balaban J connectivity index is 2.02. The lowest BCUT2D eigenvalue weighted by Gasteiger charge is -2.18. The van der Waals surface area contributed by atoms with Crippen molar-refractivity contribution in [3.8, 4) is 11.3 Å². The van der Waals surface area contributed by atoms with Gasteiger partial charge in [0.15, 0.2) is 0 Å². The second-order valence-corrected chi connectivity index (χ2v) is 7.80. The van der Waals surface area contributed by atoms with Gasteiger partial charge in [0.25, 0.3) is 5.91 Å². The van der Waals surface area contributed by atoms with Crippen molar-refractivity contribution >= 4 is 34.7 Å². The predicted molar refractivity (Wildman–Crippen MR) is 119 cm³/mol. The van der Waals surface area contributed by atoms with Crippen LogP contribution in [0.3, 0.4) is 0 Å². The maximum atomic E-state index is 14.4. The number of carbonyl (C=O) groups is 2. The van der Waals surface area contributed by atoms with Gasteiger partial charge in [-0.05, 0) is 48.7 Å². The van der Waals surface area contributed by atoms with Gasteiger partial charge in [0.1, 0.15) is 11.6 Å². The third kappa shape index (κ3) is 5.44. The van der Waals surface area contributed by atoms with Gasteiger partial charge in [0, 0.05) is 34.9 Å². The third-order valence-electron chi connectivity index (χ3n) is 4.59. The average molecular weight is 441 g/mol. The van der Waals surface area contributed by atoms with Gasteiger partial charge < -0.3 is 10.6 Å². The Morgan fingerprint density at radius 3 is 2.61 bits per heavy atom. The van der Waals surface area contributed by atoms with E-state index in [0.717, 1.165) is 5.56 Å². The molecule has 2 aromatic heterocycles. The maximum Gasteiger partial charge on any atom is 0.255 e. The summed E-state index contributed by atoms with van der Waals surface area (Å²) in [4.78, 5) is 32.2. The number of ketones is 1. The SMILES string of the molecule is CC(=O)CNC(=O)c1cnccc1Nc1cc(-c2cc(Cl)ccc2F)ncc1C(C)C. The highest BCUT2D eigenvalue weighted by molar-refractivity contribution is 6.30. The number of hydrogen-bond acceptors (Lipinski definition) is 5. The lowest BCUT2D eigenvalue weighted by atomic mass is 10.0. The molecule has 0 aliphatic heterocycles. The molecule has 0 saturated carbocycles. The normalized spacial score (nSPS) is 10.8. The largest absolute Gasteiger partial charge is 0.354 e. The molecule has 8 heteroatoms. The zero-order chi connectivity index (χ0) is 22.5. The van der Waals surface area contributed by atoms with Gasteiger partial charge in [-0.25, -0.2) is 4.39 Å². The quantitative estimate of drug-likeness (QED) is 0.532. The number of nitrogens with zero attached hydrogens (tertiary/aromatic N) is 2. The van der Waals surface area contributed by atoms with Gasteiger partial charge in [-0.1, -0.05) is 25.4 Å². The zero-order valence-electron chi connectivity index (χ0n) is 17.4. The van der Waals surface area contributed by atoms with Crippen molar-refractivity contribution < 1.29 is 14.0 Å². The van der Waals surface area contributed by atoms with E-state index in [1.165, 1.54) is 31.3 Å². The molecule has 3 aromatic rings. The Morgan fingerprint density at radius 2 is 1.90 bits per heavy atom. The summed E-state index contributed by atoms with van der Waals surface area (Å²) in [7, 11) is 0. The van der Waals surface area contributed by atoms with E-state index in [9.17, 15) is 14.0 Å². The van der Waals surface area contributed by atoms with Crippen molar-refractivity contribution in [3.05, 3.63) is 70.9 Å². The number of hydrogen-bond donors (Lipinski definition) is 2. The molecule has 0 fully saturated rings. The van der Waals surface area contributed by atoms with Crippen LogP contribution in [0.4, 0.5) is 15.8 Å². The molecule has 1 aromatic carbocycles. The van der Waals surface area contributed by atoms with Gasteiger partial charge in [-0.2, -0.15) is 0 Å². The summed E-state index contributed by atoms with van der Waals surface area (Å²) >= 11 is 6.04. The van der Waals surface area contributed by atoms with Gasteiger partial charge in [-0.3, -0.25) is 19.6 Å². The summed E-state index contributed by atoms with van der Waals surface area (Å²) in [5.41, 5.74) is 3.03. The summed E-state index contributed by atoms with van der Waals surface area (Å²) in [5, 5.41) is 6.22. The molecular formula is C23H22ClFN4O2. The molecule has 160 valence electrons. The fourth-order valence-electron chi connectivity index (χ4n) is 3.00. The third-order valence-corrected chi connectivity index (χ3v) is 4.83. The van der Waals surface area contributed by atoms with Gasteiger partial charge in [0.05, 0.1) is 23.5 Å². The topological polar surface area (TPSA) is 84.0 Å². The molecular weight excluding hydrogens is 419 g/mol. The van der Waals surface area contributed by atoms with E-state index in [0.29, 0.717) is 22.1 Å². The molecule has 0 spiro atoms. The molecule has 31 heavy (non-hydrogen) atoms. The summed E-state index contributed by atoms with van der Waals surface area (Å²) in [6, 6.07) is 7.67. The first kappa shape index (κ1) is 22.4. The second-order valence-electron chi connectivity index (χ2n) is 7.37. The summed E-state index contributed by atoms with van der Waals surface area (Å²) in [6.45, 7) is 5.34. The molecule has 0 atom stereocenters. The number of amides is 1. The molecule has 0 bridgehead atoms. The van der Waals surface area contributed by atoms with Crippen molar-refractivity contribution in [2.75, 3.05) is 11.9 Å². The Bertz CT molecular complexity index is 1130. The number of aromatic nitrogens is 2. The van der Waals surface area contributed by atoms with E-state index in [1.807, 2.05) is 13.8 Å². The van der Waals surface area contributed by atoms with E-state index in [-0.39, 0.29) is 29.4 Å². The molecule has 3 rings (SSSR count). The van der Waals surface area contributed by atoms with Crippen LogP contribution in [-0.2, 0) is 4.79 Å². The number of halogens is 2. The number of Topliss-reactive ketones (excluding diaryl/α,β-unsaturated/α-hetero) is 1. The van der Waals surface area contributed by atoms with Crippen LogP contribution in [-0.4, -0.2) is 28.2 Å². The van der Waals surface area contributed by atoms with Crippen molar-refractivity contribution in [2.45, 2.75) is 26.7 Å². The summed E-state index contributed by atoms with van der Waals surface area (Å²) < 4.78 is 14.4. The first-order valence-electron chi connectivity index (χ1n) is 9.70. The molecule has 0 aliphatic rings. The fourth-order valence-corrected chi connectivity index (χ4v) is 3.18. The van der Waals surface area contributed by atoms with E-state index < -0.39 is 11.7 Å². The van der Waals surface area contributed by atoms with Crippen molar-refractivity contribution in [1.29, 1.82) is 0 Å². The molecule has 2 N–H and O–H groups in total. The highest BCUT2D eigenvalue weighted by Gasteiger charge is 2.17. The molecule has 0 unspecified atom stereocenters. The number of rotatable bonds is 7. The Kier molecular flexibility index (Phi) is 6.97. The molecule has 6 nitrogen and oxygen atoms in total. The minimum absolute atomic E-state index is 0.0716. The molecule has 1 amide bonds. The van der Waals surface area contributed by atoms with Crippen LogP contribution in [0.1, 0.15) is 42.6 Å². The van der Waals surface area contributed by atoms with Gasteiger partial charge >= 0.3 is 0 Å². The van der Waals surface area contributed by atoms with Crippen LogP contribution in [0.15, 0.2) is 48.9 Å². The van der Waals surface area contributed by atoms with E-state index in [1.54, 1.807) is 24.5 Å². The molecule has 0 saturated heterocycles. The van der Waals surface area contributed by atoms with Crippen molar-refractivity contribution in [1.82, 2.24) is 15.3 Å². The standard InChI is InChI=1S/C23H22ClFN4O2/c1-13(2)17-12-27-21(16-8-15(24)4-5-19(16)25)9-22(17)29-20-6-7-26-11-18(20)23(31)28-10-14(3)30/h4-9,11-13H,10H2,1-3H3,(H,28,31)(H,26,27,29). The zero-order valence-corrected chi connectivity index (χ0v) is 18.1. The number of anilines is 2. The fraction of sp³-hybridized carbons (Fsp3) is 0.217. The van der Waals surface area contributed by atoms with Crippen LogP contribution >= 0.6 is 11.6 Å². The summed E-state index contributed by atoms with van der Waals surface area (Å²) in [6.07, 6.45) is 4.66.